The molecule has 0 unspecified atom stereocenters. The molecule has 2 heterocycles. The van der Waals surface area contributed by atoms with E-state index in [2.05, 4.69) is 10.2 Å². The molecule has 0 aliphatic carbocycles. The van der Waals surface area contributed by atoms with Gasteiger partial charge in [-0.25, -0.2) is 9.89 Å². The van der Waals surface area contributed by atoms with E-state index in [9.17, 15) is 9.59 Å². The molecular weight excluding hydrogens is 308 g/mol. The van der Waals surface area contributed by atoms with Crippen LogP contribution in [-0.2, 0) is 17.9 Å². The van der Waals surface area contributed by atoms with E-state index in [1.165, 1.54) is 11.8 Å². The Bertz CT molecular complexity index is 633. The fraction of sp³-hybridized carbons (Fsp3) is 0.462. The van der Waals surface area contributed by atoms with Gasteiger partial charge in [0.25, 0.3) is 0 Å². The first-order valence-electron chi connectivity index (χ1n) is 6.66. The molecule has 2 aromatic rings. The Morgan fingerprint density at radius 1 is 1.57 bits per heavy atom. The van der Waals surface area contributed by atoms with Crippen molar-refractivity contribution < 1.29 is 4.79 Å². The van der Waals surface area contributed by atoms with Crippen LogP contribution in [0.15, 0.2) is 27.5 Å². The number of nitrogens with zero attached hydrogens (tertiary/aromatic N) is 3. The molecule has 0 aliphatic heterocycles. The molecule has 0 fully saturated rings. The highest BCUT2D eigenvalue weighted by Crippen LogP contribution is 2.16. The van der Waals surface area contributed by atoms with Gasteiger partial charge in [-0.1, -0.05) is 24.8 Å². The molecule has 0 spiro atoms. The Hall–Kier alpha value is -1.54. The lowest BCUT2D eigenvalue weighted by atomic mass is 10.4. The molecule has 21 heavy (non-hydrogen) atoms. The Kier molecular flexibility index (Phi) is 5.63. The Morgan fingerprint density at radius 2 is 2.38 bits per heavy atom. The van der Waals surface area contributed by atoms with E-state index < -0.39 is 0 Å². The third-order valence-corrected chi connectivity index (χ3v) is 4.72. The van der Waals surface area contributed by atoms with Gasteiger partial charge in [-0.2, -0.15) is 0 Å². The highest BCUT2D eigenvalue weighted by Gasteiger charge is 2.14. The number of nitrogens with one attached hydrogen (secondary N) is 1. The summed E-state index contributed by atoms with van der Waals surface area (Å²) in [4.78, 5) is 26.5. The van der Waals surface area contributed by atoms with Crippen LogP contribution in [-0.4, -0.2) is 38.4 Å². The van der Waals surface area contributed by atoms with E-state index in [1.54, 1.807) is 27.9 Å². The molecule has 114 valence electrons. The molecule has 8 heteroatoms. The maximum absolute atomic E-state index is 12.1. The minimum atomic E-state index is -0.223. The quantitative estimate of drug-likeness (QED) is 0.788. The second-order valence-electron chi connectivity index (χ2n) is 4.58. The number of carbonyl (C=O) groups excluding carboxylic acids is 1. The van der Waals surface area contributed by atoms with Crippen molar-refractivity contribution in [1.29, 1.82) is 0 Å². The molecule has 0 atom stereocenters. The first-order valence-corrected chi connectivity index (χ1v) is 8.52. The zero-order valence-corrected chi connectivity index (χ0v) is 13.7. The lowest BCUT2D eigenvalue weighted by Gasteiger charge is -2.15. The maximum Gasteiger partial charge on any atom is 0.343 e. The van der Waals surface area contributed by atoms with E-state index in [1.807, 2.05) is 24.4 Å². The van der Waals surface area contributed by atoms with Crippen LogP contribution >= 0.6 is 23.1 Å². The maximum atomic E-state index is 12.1. The van der Waals surface area contributed by atoms with E-state index in [0.29, 0.717) is 18.2 Å². The zero-order chi connectivity index (χ0) is 15.2. The smallest absolute Gasteiger partial charge is 0.340 e. The Balaban J connectivity index is 1.90. The van der Waals surface area contributed by atoms with Crippen molar-refractivity contribution >= 4 is 29.0 Å². The summed E-state index contributed by atoms with van der Waals surface area (Å²) in [5, 5.41) is 8.95. The molecule has 1 N–H and O–H groups in total. The van der Waals surface area contributed by atoms with Crippen LogP contribution in [0.3, 0.4) is 0 Å². The molecule has 6 nitrogen and oxygen atoms in total. The largest absolute Gasteiger partial charge is 0.343 e. The van der Waals surface area contributed by atoms with E-state index >= 15 is 0 Å². The van der Waals surface area contributed by atoms with Crippen molar-refractivity contribution in [2.45, 2.75) is 31.6 Å². The number of aromatic amines is 1. The van der Waals surface area contributed by atoms with Gasteiger partial charge in [-0.3, -0.25) is 9.36 Å². The van der Waals surface area contributed by atoms with Gasteiger partial charge < -0.3 is 4.90 Å². The van der Waals surface area contributed by atoms with Gasteiger partial charge >= 0.3 is 5.69 Å². The van der Waals surface area contributed by atoms with Crippen LogP contribution in [0.4, 0.5) is 0 Å². The van der Waals surface area contributed by atoms with E-state index in [-0.39, 0.29) is 17.3 Å². The summed E-state index contributed by atoms with van der Waals surface area (Å²) in [6.07, 6.45) is 0.846. The molecule has 2 rings (SSSR count). The fourth-order valence-corrected chi connectivity index (χ4v) is 3.47. The minimum absolute atomic E-state index is 0.0203. The number of H-pyrrole nitrogens is 1. The molecule has 0 radical (unpaired) electrons. The van der Waals surface area contributed by atoms with Gasteiger partial charge in [-0.05, 0) is 17.9 Å². The number of amides is 1. The Morgan fingerprint density at radius 3 is 3.05 bits per heavy atom. The van der Waals surface area contributed by atoms with Crippen LogP contribution in [0, 0.1) is 0 Å². The van der Waals surface area contributed by atoms with Crippen LogP contribution < -0.4 is 5.69 Å². The predicted molar refractivity (Wildman–Crippen MR) is 84.7 cm³/mol. The van der Waals surface area contributed by atoms with E-state index in [4.69, 9.17) is 0 Å². The van der Waals surface area contributed by atoms with Crippen LogP contribution in [0.5, 0.6) is 0 Å². The minimum Gasteiger partial charge on any atom is -0.340 e. The normalized spacial score (nSPS) is 10.8. The molecular formula is C13H18N4O2S2. The highest BCUT2D eigenvalue weighted by molar-refractivity contribution is 7.99. The lowest BCUT2D eigenvalue weighted by Crippen LogP contribution is -2.27. The fourth-order valence-electron chi connectivity index (χ4n) is 1.80. The van der Waals surface area contributed by atoms with Gasteiger partial charge in [0, 0.05) is 18.5 Å². The summed E-state index contributed by atoms with van der Waals surface area (Å²) in [6, 6.07) is 3.98. The summed E-state index contributed by atoms with van der Waals surface area (Å²) in [5.74, 6) is 0.294. The highest BCUT2D eigenvalue weighted by atomic mass is 32.2. The summed E-state index contributed by atoms with van der Waals surface area (Å²) in [6.45, 7) is 3.21. The van der Waals surface area contributed by atoms with Crippen LogP contribution in [0.2, 0.25) is 0 Å². The first kappa shape index (κ1) is 15.8. The second-order valence-corrected chi connectivity index (χ2v) is 6.56. The molecule has 0 saturated carbocycles. The number of thiophene rings is 1. The first-order chi connectivity index (χ1) is 10.1. The molecule has 0 bridgehead atoms. The number of hydrogen-bond acceptors (Lipinski definition) is 5. The summed E-state index contributed by atoms with van der Waals surface area (Å²) < 4.78 is 1.57. The number of aromatic nitrogens is 3. The van der Waals surface area contributed by atoms with Gasteiger partial charge in [0.2, 0.25) is 5.91 Å². The third-order valence-electron chi connectivity index (χ3n) is 2.89. The van der Waals surface area contributed by atoms with Gasteiger partial charge in [0.15, 0.2) is 5.16 Å². The summed E-state index contributed by atoms with van der Waals surface area (Å²) >= 11 is 2.92. The topological polar surface area (TPSA) is 71.0 Å². The van der Waals surface area contributed by atoms with E-state index in [0.717, 1.165) is 11.3 Å². The third kappa shape index (κ3) is 4.21. The van der Waals surface area contributed by atoms with Crippen molar-refractivity contribution in [3.8, 4) is 0 Å². The number of carbonyl (C=O) groups is 1. The summed E-state index contributed by atoms with van der Waals surface area (Å²) in [5.41, 5.74) is -0.223. The predicted octanol–water partition coefficient (Wildman–Crippen LogP) is 1.79. The van der Waals surface area contributed by atoms with Crippen LogP contribution in [0.1, 0.15) is 18.2 Å². The van der Waals surface area contributed by atoms with Crippen molar-refractivity contribution in [3.63, 3.8) is 0 Å². The van der Waals surface area contributed by atoms with Crippen molar-refractivity contribution in [1.82, 2.24) is 19.7 Å². The molecule has 0 aromatic carbocycles. The molecule has 2 aromatic heterocycles. The number of rotatable bonds is 7. The van der Waals surface area contributed by atoms with Gasteiger partial charge in [0.1, 0.15) is 0 Å². The van der Waals surface area contributed by atoms with Crippen molar-refractivity contribution in [3.05, 3.63) is 32.9 Å². The monoisotopic (exact) mass is 326 g/mol. The SMILES string of the molecule is CCCn1c(SCC(=O)N(C)Cc2cccs2)n[nH]c1=O. The molecule has 0 saturated heterocycles. The standard InChI is InChI=1S/C13H18N4O2S2/c1-3-6-17-12(19)14-15-13(17)21-9-11(18)16(2)8-10-5-4-7-20-10/h4-5,7H,3,6,8-9H2,1-2H3,(H,14,19). The van der Waals surface area contributed by atoms with Gasteiger partial charge in [0.05, 0.1) is 12.3 Å². The summed E-state index contributed by atoms with van der Waals surface area (Å²) in [7, 11) is 1.78. The average molecular weight is 326 g/mol. The van der Waals surface area contributed by atoms with Gasteiger partial charge in [-0.15, -0.1) is 16.4 Å². The average Bonchev–Trinajstić information content (AvgIpc) is 3.08. The Labute approximate surface area is 131 Å². The number of thioether (sulfide) groups is 1. The second kappa shape index (κ2) is 7.46. The lowest BCUT2D eigenvalue weighted by molar-refractivity contribution is -0.127. The zero-order valence-electron chi connectivity index (χ0n) is 12.0. The van der Waals surface area contributed by atoms with Crippen molar-refractivity contribution in [2.24, 2.45) is 0 Å². The molecule has 0 aliphatic rings. The molecule has 1 amide bonds. The van der Waals surface area contributed by atoms with Crippen LogP contribution in [0.25, 0.3) is 0 Å². The number of hydrogen-bond donors (Lipinski definition) is 1. The van der Waals surface area contributed by atoms with Crippen molar-refractivity contribution in [2.75, 3.05) is 12.8 Å².